The molecule has 1 rings (SSSR count). The number of hydrogen-bond acceptors (Lipinski definition) is 2. The van der Waals surface area contributed by atoms with Gasteiger partial charge in [-0.1, -0.05) is 6.92 Å². The Morgan fingerprint density at radius 2 is 2.56 bits per heavy atom. The predicted octanol–water partition coefficient (Wildman–Crippen LogP) is 1.45. The molecule has 1 saturated heterocycles. The minimum Gasteiger partial charge on any atom is -0.378 e. The van der Waals surface area contributed by atoms with Gasteiger partial charge in [0.05, 0.1) is 13.2 Å². The summed E-state index contributed by atoms with van der Waals surface area (Å²) in [5, 5.41) is 0. The molecule has 0 amide bonds. The number of halogens is 1. The first-order chi connectivity index (χ1) is 4.34. The normalized spacial score (nSPS) is 30.7. The van der Waals surface area contributed by atoms with E-state index in [9.17, 15) is 0 Å². The van der Waals surface area contributed by atoms with Crippen molar-refractivity contribution in [3.05, 3.63) is 0 Å². The van der Waals surface area contributed by atoms with Crippen molar-refractivity contribution < 1.29 is 4.74 Å². The van der Waals surface area contributed by atoms with Crippen molar-refractivity contribution in [2.24, 2.45) is 0 Å². The van der Waals surface area contributed by atoms with Gasteiger partial charge in [-0.3, -0.25) is 0 Å². The van der Waals surface area contributed by atoms with Crippen LogP contribution in [0.1, 0.15) is 13.3 Å². The highest BCUT2D eigenvalue weighted by Crippen LogP contribution is 2.13. The molecule has 54 valence electrons. The van der Waals surface area contributed by atoms with Crippen LogP contribution < -0.4 is 0 Å². The molecule has 0 saturated carbocycles. The average molecular weight is 241 g/mol. The number of ether oxygens (including phenoxy) is 1. The molecule has 9 heavy (non-hydrogen) atoms. The second kappa shape index (κ2) is 3.73. The molecule has 1 fully saturated rings. The van der Waals surface area contributed by atoms with Gasteiger partial charge in [0.1, 0.15) is 0 Å². The zero-order valence-electron chi connectivity index (χ0n) is 5.64. The van der Waals surface area contributed by atoms with E-state index in [0.29, 0.717) is 6.04 Å². The van der Waals surface area contributed by atoms with Crippen LogP contribution in [0.4, 0.5) is 0 Å². The van der Waals surface area contributed by atoms with Crippen molar-refractivity contribution in [2.75, 3.05) is 19.8 Å². The van der Waals surface area contributed by atoms with Crippen molar-refractivity contribution in [3.63, 3.8) is 0 Å². The van der Waals surface area contributed by atoms with E-state index in [1.165, 1.54) is 6.42 Å². The highest BCUT2D eigenvalue weighted by molar-refractivity contribution is 14.1. The maximum Gasteiger partial charge on any atom is 0.0630 e. The Hall–Kier alpha value is 0.650. The number of nitrogens with zero attached hydrogens (tertiary/aromatic N) is 1. The molecule has 0 aromatic rings. The van der Waals surface area contributed by atoms with Crippen LogP contribution in [0, 0.1) is 0 Å². The number of rotatable bonds is 1. The first kappa shape index (κ1) is 7.75. The Morgan fingerprint density at radius 1 is 1.78 bits per heavy atom. The summed E-state index contributed by atoms with van der Waals surface area (Å²) in [7, 11) is 0. The first-order valence-corrected chi connectivity index (χ1v) is 4.31. The van der Waals surface area contributed by atoms with E-state index in [2.05, 4.69) is 32.9 Å². The minimum absolute atomic E-state index is 0.652. The van der Waals surface area contributed by atoms with Crippen LogP contribution in [0.3, 0.4) is 0 Å². The van der Waals surface area contributed by atoms with Crippen LogP contribution in [0.2, 0.25) is 0 Å². The fourth-order valence-electron chi connectivity index (χ4n) is 0.951. The third-order valence-corrected chi connectivity index (χ3v) is 2.90. The SMILES string of the molecule is CCC1COCCN1I. The fraction of sp³-hybridized carbons (Fsp3) is 1.00. The molecule has 1 heterocycles. The Bertz CT molecular complexity index is 89.1. The van der Waals surface area contributed by atoms with Crippen molar-refractivity contribution in [1.29, 1.82) is 0 Å². The van der Waals surface area contributed by atoms with Crippen LogP contribution in [0.5, 0.6) is 0 Å². The maximum atomic E-state index is 5.30. The summed E-state index contributed by atoms with van der Waals surface area (Å²) < 4.78 is 7.63. The standard InChI is InChI=1S/C6H12INO/c1-2-6-5-9-4-3-8(6)7/h6H,2-5H2,1H3. The Morgan fingerprint density at radius 3 is 3.00 bits per heavy atom. The number of hydrogen-bond donors (Lipinski definition) is 0. The van der Waals surface area contributed by atoms with Gasteiger partial charge in [0.25, 0.3) is 0 Å². The zero-order chi connectivity index (χ0) is 6.69. The second-order valence-corrected chi connectivity index (χ2v) is 3.50. The molecular weight excluding hydrogens is 229 g/mol. The van der Waals surface area contributed by atoms with E-state index in [1.807, 2.05) is 0 Å². The van der Waals surface area contributed by atoms with Gasteiger partial charge in [-0.05, 0) is 6.42 Å². The van der Waals surface area contributed by atoms with Gasteiger partial charge >= 0.3 is 0 Å². The summed E-state index contributed by atoms with van der Waals surface area (Å²) in [5.41, 5.74) is 0. The van der Waals surface area contributed by atoms with Gasteiger partial charge in [0.15, 0.2) is 0 Å². The van der Waals surface area contributed by atoms with Gasteiger partial charge in [0.2, 0.25) is 0 Å². The lowest BCUT2D eigenvalue weighted by Crippen LogP contribution is -2.38. The Labute approximate surface area is 70.0 Å². The third-order valence-electron chi connectivity index (χ3n) is 1.63. The van der Waals surface area contributed by atoms with Crippen LogP contribution in [-0.2, 0) is 4.74 Å². The van der Waals surface area contributed by atoms with Crippen molar-refractivity contribution >= 4 is 22.9 Å². The molecule has 0 spiro atoms. The van der Waals surface area contributed by atoms with Gasteiger partial charge in [-0.2, -0.15) is 0 Å². The first-order valence-electron chi connectivity index (χ1n) is 3.34. The van der Waals surface area contributed by atoms with E-state index >= 15 is 0 Å². The molecule has 2 nitrogen and oxygen atoms in total. The van der Waals surface area contributed by atoms with Crippen molar-refractivity contribution in [3.8, 4) is 0 Å². The topological polar surface area (TPSA) is 12.5 Å². The smallest absolute Gasteiger partial charge is 0.0630 e. The Balaban J connectivity index is 2.30. The van der Waals surface area contributed by atoms with Crippen molar-refractivity contribution in [2.45, 2.75) is 19.4 Å². The van der Waals surface area contributed by atoms with Gasteiger partial charge in [-0.15, -0.1) is 0 Å². The lowest BCUT2D eigenvalue weighted by atomic mass is 10.2. The molecule has 1 aliphatic heterocycles. The molecule has 1 atom stereocenters. The summed E-state index contributed by atoms with van der Waals surface area (Å²) in [5.74, 6) is 0. The molecule has 3 heteroatoms. The molecule has 0 aliphatic carbocycles. The molecule has 0 bridgehead atoms. The largest absolute Gasteiger partial charge is 0.378 e. The van der Waals surface area contributed by atoms with Gasteiger partial charge < -0.3 is 4.74 Å². The summed E-state index contributed by atoms with van der Waals surface area (Å²) in [6, 6.07) is 0.652. The van der Waals surface area contributed by atoms with Crippen LogP contribution in [0.15, 0.2) is 0 Å². The monoisotopic (exact) mass is 241 g/mol. The zero-order valence-corrected chi connectivity index (χ0v) is 7.80. The number of morpholine rings is 1. The predicted molar refractivity (Wildman–Crippen MR) is 45.6 cm³/mol. The maximum absolute atomic E-state index is 5.30. The molecule has 0 aromatic carbocycles. The van der Waals surface area contributed by atoms with E-state index < -0.39 is 0 Å². The second-order valence-electron chi connectivity index (χ2n) is 2.26. The summed E-state index contributed by atoms with van der Waals surface area (Å²) >= 11 is 2.37. The van der Waals surface area contributed by atoms with E-state index in [-0.39, 0.29) is 0 Å². The summed E-state index contributed by atoms with van der Waals surface area (Å²) in [4.78, 5) is 0. The van der Waals surface area contributed by atoms with E-state index in [1.54, 1.807) is 0 Å². The van der Waals surface area contributed by atoms with Gasteiger partial charge in [0, 0.05) is 35.5 Å². The van der Waals surface area contributed by atoms with Crippen LogP contribution >= 0.6 is 22.9 Å². The summed E-state index contributed by atoms with van der Waals surface area (Å²) in [6.45, 7) is 5.10. The highest BCUT2D eigenvalue weighted by atomic mass is 127. The minimum atomic E-state index is 0.652. The molecular formula is C6H12INO. The molecule has 1 unspecified atom stereocenters. The van der Waals surface area contributed by atoms with Crippen LogP contribution in [-0.4, -0.2) is 28.9 Å². The average Bonchev–Trinajstić information content (AvgIpc) is 1.89. The van der Waals surface area contributed by atoms with E-state index in [4.69, 9.17) is 4.74 Å². The molecule has 0 N–H and O–H groups in total. The summed E-state index contributed by atoms with van der Waals surface area (Å²) in [6.07, 6.45) is 1.20. The lowest BCUT2D eigenvalue weighted by Gasteiger charge is -2.29. The molecule has 1 aliphatic rings. The van der Waals surface area contributed by atoms with Gasteiger partial charge in [-0.25, -0.2) is 3.11 Å². The van der Waals surface area contributed by atoms with E-state index in [0.717, 1.165) is 19.8 Å². The molecule has 0 aromatic heterocycles. The third kappa shape index (κ3) is 2.05. The lowest BCUT2D eigenvalue weighted by molar-refractivity contribution is 0.0438. The van der Waals surface area contributed by atoms with Crippen LogP contribution in [0.25, 0.3) is 0 Å². The Kier molecular flexibility index (Phi) is 3.21. The quantitative estimate of drug-likeness (QED) is 0.509. The fourth-order valence-corrected chi connectivity index (χ4v) is 1.70. The van der Waals surface area contributed by atoms with Crippen molar-refractivity contribution in [1.82, 2.24) is 3.11 Å². The molecule has 0 radical (unpaired) electrons. The highest BCUT2D eigenvalue weighted by Gasteiger charge is 2.17.